The number of hydrogen-bond donors (Lipinski definition) is 0. The molecule has 2 heterocycles. The summed E-state index contributed by atoms with van der Waals surface area (Å²) in [5.74, 6) is 0. The minimum absolute atomic E-state index is 0.585. The summed E-state index contributed by atoms with van der Waals surface area (Å²) in [7, 11) is 8.59. The van der Waals surface area contributed by atoms with Gasteiger partial charge in [0.25, 0.3) is 0 Å². The molecule has 0 atom stereocenters. The second kappa shape index (κ2) is 12.6. The number of fused-ring (bicyclic) bond motifs is 2. The van der Waals surface area contributed by atoms with Gasteiger partial charge in [-0.1, -0.05) is 23.9 Å². The number of halogens is 3. The molecule has 0 aliphatic carbocycles. The molecule has 2 aromatic rings. The molecule has 210 valence electrons. The maximum absolute atomic E-state index is 13.5. The van der Waals surface area contributed by atoms with Crippen molar-refractivity contribution in [3.8, 4) is 0 Å². The molecule has 0 radical (unpaired) electrons. The van der Waals surface area contributed by atoms with Gasteiger partial charge >= 0.3 is 6.18 Å². The average molecular weight is 551 g/mol. The second-order valence-electron chi connectivity index (χ2n) is 11.3. The quantitative estimate of drug-likeness (QED) is 0.349. The first-order chi connectivity index (χ1) is 18.1. The Bertz CT molecular complexity index is 1050. The normalized spacial score (nSPS) is 17.7. The lowest BCUT2D eigenvalue weighted by Gasteiger charge is -2.46. The van der Waals surface area contributed by atoms with E-state index in [4.69, 9.17) is 0 Å². The van der Waals surface area contributed by atoms with Crippen molar-refractivity contribution in [2.75, 3.05) is 98.5 Å². The molecular formula is C29H43F3N5S+. The molecule has 0 bridgehead atoms. The Labute approximate surface area is 230 Å². The summed E-state index contributed by atoms with van der Waals surface area (Å²) in [5, 5.41) is 0. The van der Waals surface area contributed by atoms with Gasteiger partial charge in [0.05, 0.1) is 43.1 Å². The first-order valence-corrected chi connectivity index (χ1v) is 14.5. The Hall–Kier alpha value is -1.78. The molecule has 1 saturated heterocycles. The lowest BCUT2D eigenvalue weighted by molar-refractivity contribution is -0.931. The number of quaternary nitrogens is 1. The Morgan fingerprint density at radius 2 is 1.50 bits per heavy atom. The van der Waals surface area contributed by atoms with E-state index < -0.39 is 11.7 Å². The minimum Gasteiger partial charge on any atom is -0.340 e. The van der Waals surface area contributed by atoms with E-state index in [1.165, 1.54) is 49.2 Å². The molecule has 0 saturated carbocycles. The first-order valence-electron chi connectivity index (χ1n) is 13.7. The van der Waals surface area contributed by atoms with Crippen LogP contribution in [0.1, 0.15) is 18.4 Å². The summed E-state index contributed by atoms with van der Waals surface area (Å²) in [4.78, 5) is 11.2. The van der Waals surface area contributed by atoms with Gasteiger partial charge in [-0.2, -0.15) is 13.2 Å². The number of para-hydroxylation sites is 1. The first kappa shape index (κ1) is 29.2. The molecule has 2 aliphatic rings. The van der Waals surface area contributed by atoms with Gasteiger partial charge in [-0.25, -0.2) is 0 Å². The van der Waals surface area contributed by atoms with Gasteiger partial charge in [0, 0.05) is 55.5 Å². The molecule has 9 heteroatoms. The number of likely N-dealkylation sites (N-methyl/N-ethyl adjacent to an activating group) is 1. The minimum atomic E-state index is -4.35. The van der Waals surface area contributed by atoms with Crippen LogP contribution in [0.5, 0.6) is 0 Å². The predicted octanol–water partition coefficient (Wildman–Crippen LogP) is 5.34. The molecule has 38 heavy (non-hydrogen) atoms. The van der Waals surface area contributed by atoms with Crippen molar-refractivity contribution in [3.05, 3.63) is 48.0 Å². The number of benzene rings is 2. The maximum Gasteiger partial charge on any atom is 0.416 e. The number of alkyl halides is 3. The SMILES string of the molecule is CN(C)CCC[N+]1(CCN(C)C)CCN(CCCN2c3ccccc3Sc3ccc(C(F)(F)F)cc32)CC1. The van der Waals surface area contributed by atoms with Crippen molar-refractivity contribution in [2.45, 2.75) is 28.8 Å². The third-order valence-corrected chi connectivity index (χ3v) is 8.98. The van der Waals surface area contributed by atoms with Crippen LogP contribution in [-0.2, 0) is 6.18 Å². The van der Waals surface area contributed by atoms with Crippen LogP contribution >= 0.6 is 11.8 Å². The third kappa shape index (κ3) is 7.45. The van der Waals surface area contributed by atoms with E-state index in [2.05, 4.69) is 53.9 Å². The fourth-order valence-electron chi connectivity index (χ4n) is 5.55. The highest BCUT2D eigenvalue weighted by molar-refractivity contribution is 7.99. The molecule has 0 amide bonds. The highest BCUT2D eigenvalue weighted by Crippen LogP contribution is 2.49. The molecule has 0 aromatic heterocycles. The third-order valence-electron chi connectivity index (χ3n) is 7.85. The fraction of sp³-hybridized carbons (Fsp3) is 0.586. The Morgan fingerprint density at radius 1 is 0.816 bits per heavy atom. The van der Waals surface area contributed by atoms with E-state index >= 15 is 0 Å². The predicted molar refractivity (Wildman–Crippen MR) is 152 cm³/mol. The molecule has 5 nitrogen and oxygen atoms in total. The largest absolute Gasteiger partial charge is 0.416 e. The second-order valence-corrected chi connectivity index (χ2v) is 12.4. The van der Waals surface area contributed by atoms with Gasteiger partial charge < -0.3 is 19.2 Å². The molecular weight excluding hydrogens is 507 g/mol. The van der Waals surface area contributed by atoms with E-state index in [1.54, 1.807) is 17.8 Å². The summed E-state index contributed by atoms with van der Waals surface area (Å²) < 4.78 is 41.7. The van der Waals surface area contributed by atoms with Crippen LogP contribution < -0.4 is 4.90 Å². The molecule has 0 spiro atoms. The number of nitrogens with zero attached hydrogens (tertiary/aromatic N) is 5. The number of hydrogen-bond acceptors (Lipinski definition) is 5. The van der Waals surface area contributed by atoms with Crippen LogP contribution in [0.3, 0.4) is 0 Å². The van der Waals surface area contributed by atoms with E-state index in [-0.39, 0.29) is 0 Å². The zero-order valence-electron chi connectivity index (χ0n) is 23.3. The lowest BCUT2D eigenvalue weighted by atomic mass is 10.1. The highest BCUT2D eigenvalue weighted by Gasteiger charge is 2.34. The van der Waals surface area contributed by atoms with Crippen LogP contribution in [0.25, 0.3) is 0 Å². The molecule has 0 N–H and O–H groups in total. The monoisotopic (exact) mass is 550 g/mol. The fourth-order valence-corrected chi connectivity index (χ4v) is 6.62. The van der Waals surface area contributed by atoms with Gasteiger partial charge in [0.2, 0.25) is 0 Å². The summed E-state index contributed by atoms with van der Waals surface area (Å²) in [6.07, 6.45) is -2.22. The van der Waals surface area contributed by atoms with Crippen molar-refractivity contribution in [3.63, 3.8) is 0 Å². The van der Waals surface area contributed by atoms with Crippen LogP contribution in [-0.4, -0.2) is 113 Å². The smallest absolute Gasteiger partial charge is 0.340 e. The molecule has 0 unspecified atom stereocenters. The van der Waals surface area contributed by atoms with Crippen LogP contribution in [0.2, 0.25) is 0 Å². The maximum atomic E-state index is 13.5. The number of anilines is 2. The zero-order chi connectivity index (χ0) is 27.3. The van der Waals surface area contributed by atoms with E-state index in [1.807, 2.05) is 18.2 Å². The van der Waals surface area contributed by atoms with Crippen LogP contribution in [0.15, 0.2) is 52.3 Å². The van der Waals surface area contributed by atoms with Crippen molar-refractivity contribution < 1.29 is 17.7 Å². The van der Waals surface area contributed by atoms with Crippen LogP contribution in [0.4, 0.5) is 24.5 Å². The molecule has 2 aromatic carbocycles. The van der Waals surface area contributed by atoms with E-state index in [0.717, 1.165) is 54.6 Å². The van der Waals surface area contributed by atoms with Gasteiger partial charge in [-0.15, -0.1) is 0 Å². The highest BCUT2D eigenvalue weighted by atomic mass is 32.2. The van der Waals surface area contributed by atoms with Crippen molar-refractivity contribution in [2.24, 2.45) is 0 Å². The zero-order valence-corrected chi connectivity index (χ0v) is 24.1. The Balaban J connectivity index is 1.39. The van der Waals surface area contributed by atoms with Crippen LogP contribution in [0, 0.1) is 0 Å². The lowest BCUT2D eigenvalue weighted by Crippen LogP contribution is -2.61. The number of piperazine rings is 1. The van der Waals surface area contributed by atoms with Gasteiger partial charge in [-0.05, 0) is 64.9 Å². The van der Waals surface area contributed by atoms with Gasteiger partial charge in [0.15, 0.2) is 0 Å². The summed E-state index contributed by atoms with van der Waals surface area (Å²) in [6, 6.07) is 12.2. The molecule has 4 rings (SSSR count). The summed E-state index contributed by atoms with van der Waals surface area (Å²) in [6.45, 7) is 10.8. The van der Waals surface area contributed by atoms with Crippen molar-refractivity contribution >= 4 is 23.1 Å². The van der Waals surface area contributed by atoms with Crippen molar-refractivity contribution in [1.29, 1.82) is 0 Å². The summed E-state index contributed by atoms with van der Waals surface area (Å²) in [5.41, 5.74) is 1.09. The molecule has 2 aliphatic heterocycles. The average Bonchev–Trinajstić information content (AvgIpc) is 2.87. The van der Waals surface area contributed by atoms with Gasteiger partial charge in [-0.3, -0.25) is 4.90 Å². The molecule has 1 fully saturated rings. The number of rotatable bonds is 11. The standard InChI is InChI=1S/C29H43F3N5S/c1-33(2)13-8-19-37(20-16-34(3)4)21-17-35(18-22-37)14-7-15-36-25-9-5-6-10-27(25)38-28-12-11-24(23-26(28)36)29(30,31)32/h5-6,9-12,23H,7-8,13-22H2,1-4H3/q+1. The summed E-state index contributed by atoms with van der Waals surface area (Å²) >= 11 is 1.55. The topological polar surface area (TPSA) is 13.0 Å². The Morgan fingerprint density at radius 3 is 2.18 bits per heavy atom. The van der Waals surface area contributed by atoms with Crippen molar-refractivity contribution in [1.82, 2.24) is 14.7 Å². The van der Waals surface area contributed by atoms with E-state index in [0.29, 0.717) is 12.2 Å². The Kier molecular flexibility index (Phi) is 9.68. The van der Waals surface area contributed by atoms with E-state index in [9.17, 15) is 13.2 Å². The van der Waals surface area contributed by atoms with Gasteiger partial charge in [0.1, 0.15) is 0 Å².